The molecular formula is C17H25N3OS. The average molecular weight is 319 g/mol. The van der Waals surface area contributed by atoms with Crippen LogP contribution < -0.4 is 0 Å². The number of rotatable bonds is 6. The van der Waals surface area contributed by atoms with Crippen molar-refractivity contribution < 1.29 is 4.74 Å². The van der Waals surface area contributed by atoms with Crippen LogP contribution in [0.4, 0.5) is 0 Å². The van der Waals surface area contributed by atoms with Crippen LogP contribution in [0.5, 0.6) is 0 Å². The van der Waals surface area contributed by atoms with Gasteiger partial charge in [0.2, 0.25) is 0 Å². The van der Waals surface area contributed by atoms with Crippen molar-refractivity contribution in [2.24, 2.45) is 0 Å². The molecule has 22 heavy (non-hydrogen) atoms. The van der Waals surface area contributed by atoms with Crippen LogP contribution in [-0.2, 0) is 24.4 Å². The van der Waals surface area contributed by atoms with Gasteiger partial charge in [0.05, 0.1) is 12.3 Å². The highest BCUT2D eigenvalue weighted by atomic mass is 32.1. The fourth-order valence-corrected chi connectivity index (χ4v) is 4.04. The monoisotopic (exact) mass is 319 g/mol. The lowest BCUT2D eigenvalue weighted by molar-refractivity contribution is 0.104. The number of ether oxygens (including phenoxy) is 1. The van der Waals surface area contributed by atoms with Crippen molar-refractivity contribution in [1.29, 1.82) is 0 Å². The van der Waals surface area contributed by atoms with Gasteiger partial charge in [-0.1, -0.05) is 0 Å². The molecule has 0 unspecified atom stereocenters. The number of nitrogens with zero attached hydrogens (tertiary/aromatic N) is 3. The van der Waals surface area contributed by atoms with Crippen LogP contribution >= 0.6 is 11.3 Å². The summed E-state index contributed by atoms with van der Waals surface area (Å²) in [5.41, 5.74) is 2.61. The largest absolute Gasteiger partial charge is 0.381 e. The molecule has 1 aliphatic rings. The van der Waals surface area contributed by atoms with Gasteiger partial charge < -0.3 is 4.74 Å². The van der Waals surface area contributed by atoms with Crippen molar-refractivity contribution in [2.45, 2.75) is 46.3 Å². The maximum Gasteiger partial charge on any atom is 0.0736 e. The Hall–Kier alpha value is -1.17. The normalized spacial score (nSPS) is 18.6. The van der Waals surface area contributed by atoms with Gasteiger partial charge in [-0.05, 0) is 32.9 Å². The first-order valence-corrected chi connectivity index (χ1v) is 8.92. The molecule has 1 aliphatic heterocycles. The fraction of sp³-hybridized carbons (Fsp3) is 0.588. The first-order chi connectivity index (χ1) is 10.7. The van der Waals surface area contributed by atoms with Crippen molar-refractivity contribution in [1.82, 2.24) is 14.7 Å². The highest BCUT2D eigenvalue weighted by Gasteiger charge is 2.28. The molecule has 0 bridgehead atoms. The predicted octanol–water partition coefficient (Wildman–Crippen LogP) is 3.41. The van der Waals surface area contributed by atoms with Crippen molar-refractivity contribution in [3.63, 3.8) is 0 Å². The zero-order chi connectivity index (χ0) is 15.5. The van der Waals surface area contributed by atoms with Crippen molar-refractivity contribution in [3.8, 4) is 0 Å². The maximum absolute atomic E-state index is 5.70. The van der Waals surface area contributed by atoms with Crippen LogP contribution in [0.1, 0.15) is 40.8 Å². The topological polar surface area (TPSA) is 30.3 Å². The molecule has 2 aromatic heterocycles. The van der Waals surface area contributed by atoms with Gasteiger partial charge in [0.25, 0.3) is 0 Å². The first kappa shape index (κ1) is 15.7. The highest BCUT2D eigenvalue weighted by Crippen LogP contribution is 2.29. The van der Waals surface area contributed by atoms with E-state index < -0.39 is 0 Å². The van der Waals surface area contributed by atoms with Gasteiger partial charge >= 0.3 is 0 Å². The maximum atomic E-state index is 5.70. The van der Waals surface area contributed by atoms with Crippen LogP contribution in [-0.4, -0.2) is 34.4 Å². The van der Waals surface area contributed by atoms with E-state index in [1.807, 2.05) is 11.3 Å². The van der Waals surface area contributed by atoms with E-state index in [0.29, 0.717) is 5.92 Å². The van der Waals surface area contributed by atoms with Crippen molar-refractivity contribution >= 4 is 11.3 Å². The minimum Gasteiger partial charge on any atom is -0.381 e. The summed E-state index contributed by atoms with van der Waals surface area (Å²) >= 11 is 1.90. The van der Waals surface area contributed by atoms with Gasteiger partial charge in [-0.3, -0.25) is 9.58 Å². The van der Waals surface area contributed by atoms with Crippen LogP contribution in [0.2, 0.25) is 0 Å². The van der Waals surface area contributed by atoms with Crippen LogP contribution in [0.3, 0.4) is 0 Å². The Labute approximate surface area is 136 Å². The number of fused-ring (bicyclic) bond motifs is 1. The molecule has 0 saturated heterocycles. The zero-order valence-electron chi connectivity index (χ0n) is 13.7. The second kappa shape index (κ2) is 6.94. The minimum atomic E-state index is 0.387. The van der Waals surface area contributed by atoms with Gasteiger partial charge in [-0.25, -0.2) is 0 Å². The summed E-state index contributed by atoms with van der Waals surface area (Å²) in [5.74, 6) is 0.387. The van der Waals surface area contributed by atoms with E-state index >= 15 is 0 Å². The third kappa shape index (κ3) is 3.42. The molecule has 0 radical (unpaired) electrons. The fourth-order valence-electron chi connectivity index (χ4n) is 3.11. The summed E-state index contributed by atoms with van der Waals surface area (Å²) in [4.78, 5) is 5.36. The van der Waals surface area contributed by atoms with E-state index in [-0.39, 0.29) is 0 Å². The summed E-state index contributed by atoms with van der Waals surface area (Å²) in [6.07, 6.45) is 2.21. The summed E-state index contributed by atoms with van der Waals surface area (Å²) in [7, 11) is 0. The SMILES string of the molecule is CCOC[C@H]1CN(Cc2ccc(C)s2)Cc2cn(CC)nc21. The van der Waals surface area contributed by atoms with E-state index in [4.69, 9.17) is 9.84 Å². The second-order valence-corrected chi connectivity index (χ2v) is 7.31. The Morgan fingerprint density at radius 3 is 2.91 bits per heavy atom. The molecular weight excluding hydrogens is 294 g/mol. The van der Waals surface area contributed by atoms with E-state index in [0.717, 1.165) is 39.4 Å². The van der Waals surface area contributed by atoms with Gasteiger partial charge in [0, 0.05) is 60.2 Å². The average Bonchev–Trinajstić information content (AvgIpc) is 3.10. The van der Waals surface area contributed by atoms with Crippen molar-refractivity contribution in [3.05, 3.63) is 39.3 Å². The standard InChI is InChI=1S/C17H25N3OS/c1-4-20-10-14-8-19(11-16-7-6-13(3)22-16)9-15(12-21-5-2)17(14)18-20/h6-7,10,15H,4-5,8-9,11-12H2,1-3H3/t15-/m1/s1. The molecule has 120 valence electrons. The molecule has 2 aromatic rings. The third-order valence-corrected chi connectivity index (χ3v) is 5.14. The summed E-state index contributed by atoms with van der Waals surface area (Å²) in [5, 5.41) is 4.76. The Morgan fingerprint density at radius 2 is 2.23 bits per heavy atom. The Kier molecular flexibility index (Phi) is 4.96. The second-order valence-electron chi connectivity index (χ2n) is 5.93. The molecule has 0 aromatic carbocycles. The lowest BCUT2D eigenvalue weighted by Gasteiger charge is -2.31. The molecule has 0 spiro atoms. The van der Waals surface area contributed by atoms with Gasteiger partial charge in [0.15, 0.2) is 0 Å². The molecule has 4 nitrogen and oxygen atoms in total. The number of hydrogen-bond acceptors (Lipinski definition) is 4. The van der Waals surface area contributed by atoms with Gasteiger partial charge in [-0.15, -0.1) is 11.3 Å². The molecule has 0 saturated carbocycles. The first-order valence-electron chi connectivity index (χ1n) is 8.11. The Balaban J connectivity index is 1.77. The quantitative estimate of drug-likeness (QED) is 0.817. The molecule has 0 aliphatic carbocycles. The Bertz CT molecular complexity index is 619. The van der Waals surface area contributed by atoms with E-state index in [9.17, 15) is 0 Å². The zero-order valence-corrected chi connectivity index (χ0v) is 14.5. The Morgan fingerprint density at radius 1 is 1.36 bits per heavy atom. The molecule has 0 N–H and O–H groups in total. The number of aromatic nitrogens is 2. The van der Waals surface area contributed by atoms with Gasteiger partial charge in [-0.2, -0.15) is 5.10 Å². The van der Waals surface area contributed by atoms with E-state index in [1.165, 1.54) is 21.0 Å². The van der Waals surface area contributed by atoms with Crippen molar-refractivity contribution in [2.75, 3.05) is 19.8 Å². The summed E-state index contributed by atoms with van der Waals surface area (Å²) < 4.78 is 7.76. The van der Waals surface area contributed by atoms with Crippen LogP contribution in [0.25, 0.3) is 0 Å². The highest BCUT2D eigenvalue weighted by molar-refractivity contribution is 7.11. The van der Waals surface area contributed by atoms with Crippen LogP contribution in [0, 0.1) is 6.92 Å². The molecule has 1 atom stereocenters. The van der Waals surface area contributed by atoms with Gasteiger partial charge in [0.1, 0.15) is 0 Å². The predicted molar refractivity (Wildman–Crippen MR) is 90.3 cm³/mol. The summed E-state index contributed by atoms with van der Waals surface area (Å²) in [6, 6.07) is 4.46. The smallest absolute Gasteiger partial charge is 0.0736 e. The number of aryl methyl sites for hydroxylation is 2. The van der Waals surface area contributed by atoms with E-state index in [1.54, 1.807) is 0 Å². The lowest BCUT2D eigenvalue weighted by Crippen LogP contribution is -2.34. The number of hydrogen-bond donors (Lipinski definition) is 0. The van der Waals surface area contributed by atoms with Crippen LogP contribution in [0.15, 0.2) is 18.3 Å². The third-order valence-electron chi connectivity index (χ3n) is 4.15. The molecule has 3 rings (SSSR count). The number of thiophene rings is 1. The van der Waals surface area contributed by atoms with E-state index in [2.05, 4.69) is 48.7 Å². The lowest BCUT2D eigenvalue weighted by atomic mass is 9.97. The molecule has 0 fully saturated rings. The molecule has 5 heteroatoms. The molecule has 3 heterocycles. The minimum absolute atomic E-state index is 0.387. The summed E-state index contributed by atoms with van der Waals surface area (Å²) in [6.45, 7) is 11.9. The molecule has 0 amide bonds.